The van der Waals surface area contributed by atoms with Crippen LogP contribution in [0.2, 0.25) is 0 Å². The Morgan fingerprint density at radius 2 is 1.75 bits per heavy atom. The second-order valence-corrected chi connectivity index (χ2v) is 3.67. The number of hydrogen-bond donors (Lipinski definition) is 1. The summed E-state index contributed by atoms with van der Waals surface area (Å²) in [5.74, 6) is -0.702. The lowest BCUT2D eigenvalue weighted by Crippen LogP contribution is -2.07. The van der Waals surface area contributed by atoms with Crippen LogP contribution in [0.5, 0.6) is 5.75 Å². The highest BCUT2D eigenvalue weighted by Gasteiger charge is 2.39. The van der Waals surface area contributed by atoms with Gasteiger partial charge in [0.15, 0.2) is 5.69 Å². The lowest BCUT2D eigenvalue weighted by molar-refractivity contribution is -0.142. The minimum Gasteiger partial charge on any atom is -0.435 e. The van der Waals surface area contributed by atoms with Crippen LogP contribution < -0.4 is 10.5 Å². The largest absolute Gasteiger partial charge is 0.437 e. The van der Waals surface area contributed by atoms with Crippen LogP contribution in [0.15, 0.2) is 28.8 Å². The van der Waals surface area contributed by atoms with Gasteiger partial charge in [0.05, 0.1) is 5.56 Å². The number of anilines is 1. The van der Waals surface area contributed by atoms with Crippen LogP contribution in [-0.2, 0) is 6.18 Å². The fraction of sp³-hybridized carbons (Fsp3) is 0.182. The molecule has 0 aliphatic carbocycles. The first-order valence-electron chi connectivity index (χ1n) is 5.16. The molecule has 0 bridgehead atoms. The summed E-state index contributed by atoms with van der Waals surface area (Å²) in [6.45, 7) is -3.02. The second kappa shape index (κ2) is 4.99. The number of alkyl halides is 5. The quantitative estimate of drug-likeness (QED) is 0.879. The van der Waals surface area contributed by atoms with Crippen molar-refractivity contribution in [2.75, 3.05) is 5.73 Å². The van der Waals surface area contributed by atoms with Gasteiger partial charge in [0.25, 0.3) is 0 Å². The third kappa shape index (κ3) is 2.81. The van der Waals surface area contributed by atoms with Crippen molar-refractivity contribution in [2.24, 2.45) is 0 Å². The third-order valence-electron chi connectivity index (χ3n) is 2.36. The topological polar surface area (TPSA) is 61.3 Å². The first-order chi connectivity index (χ1) is 9.29. The van der Waals surface area contributed by atoms with E-state index in [9.17, 15) is 22.0 Å². The highest BCUT2D eigenvalue weighted by molar-refractivity contribution is 5.75. The van der Waals surface area contributed by atoms with Crippen molar-refractivity contribution in [3.8, 4) is 16.9 Å². The summed E-state index contributed by atoms with van der Waals surface area (Å²) < 4.78 is 70.4. The monoisotopic (exact) mass is 294 g/mol. The Morgan fingerprint density at radius 1 is 1.15 bits per heavy atom. The van der Waals surface area contributed by atoms with Crippen molar-refractivity contribution < 1.29 is 31.2 Å². The molecule has 4 nitrogen and oxygen atoms in total. The van der Waals surface area contributed by atoms with Gasteiger partial charge in [0, 0.05) is 0 Å². The van der Waals surface area contributed by atoms with Crippen LogP contribution in [0.4, 0.5) is 27.8 Å². The number of hydrogen-bond acceptors (Lipinski definition) is 4. The predicted octanol–water partition coefficient (Wildman–Crippen LogP) is 3.54. The number of rotatable bonds is 3. The molecule has 0 saturated carbocycles. The maximum absolute atomic E-state index is 12.7. The van der Waals surface area contributed by atoms with E-state index in [-0.39, 0.29) is 11.3 Å². The molecule has 1 aromatic carbocycles. The molecule has 1 aromatic heterocycles. The molecule has 0 spiro atoms. The Bertz CT molecular complexity index is 592. The van der Waals surface area contributed by atoms with Gasteiger partial charge < -0.3 is 15.0 Å². The summed E-state index contributed by atoms with van der Waals surface area (Å²) in [6, 6.07) is 4.48. The zero-order valence-electron chi connectivity index (χ0n) is 9.62. The molecule has 1 heterocycles. The number of benzene rings is 1. The Balaban J connectivity index is 2.40. The summed E-state index contributed by atoms with van der Waals surface area (Å²) in [5.41, 5.74) is 3.61. The van der Waals surface area contributed by atoms with E-state index in [0.717, 1.165) is 24.3 Å². The van der Waals surface area contributed by atoms with Gasteiger partial charge in [-0.3, -0.25) is 0 Å². The third-order valence-corrected chi connectivity index (χ3v) is 2.36. The summed E-state index contributed by atoms with van der Waals surface area (Å²) in [6.07, 6.45) is -4.74. The van der Waals surface area contributed by atoms with Crippen LogP contribution in [0.1, 0.15) is 5.69 Å². The predicted molar refractivity (Wildman–Crippen MR) is 58.0 cm³/mol. The number of nitrogens with two attached hydrogens (primary N) is 1. The number of nitrogen functional groups attached to an aromatic ring is 1. The minimum atomic E-state index is -4.74. The highest BCUT2D eigenvalue weighted by atomic mass is 19.4. The molecule has 0 aliphatic rings. The molecular weight excluding hydrogens is 287 g/mol. The molecule has 0 fully saturated rings. The zero-order valence-corrected chi connectivity index (χ0v) is 9.62. The first-order valence-corrected chi connectivity index (χ1v) is 5.16. The average molecular weight is 294 g/mol. The molecule has 0 saturated heterocycles. The Morgan fingerprint density at radius 3 is 2.25 bits per heavy atom. The highest BCUT2D eigenvalue weighted by Crippen LogP contribution is 2.40. The van der Waals surface area contributed by atoms with Gasteiger partial charge in [-0.25, -0.2) is 0 Å². The fourth-order valence-corrected chi connectivity index (χ4v) is 1.58. The van der Waals surface area contributed by atoms with E-state index >= 15 is 0 Å². The Kier molecular flexibility index (Phi) is 3.51. The van der Waals surface area contributed by atoms with Gasteiger partial charge in [-0.1, -0.05) is 17.3 Å². The molecule has 9 heteroatoms. The molecule has 20 heavy (non-hydrogen) atoms. The molecular formula is C11H7F5N2O2. The van der Waals surface area contributed by atoms with Crippen LogP contribution in [-0.4, -0.2) is 11.8 Å². The number of nitrogens with zero attached hydrogens (tertiary/aromatic N) is 1. The van der Waals surface area contributed by atoms with E-state index in [1.165, 1.54) is 0 Å². The van der Waals surface area contributed by atoms with Crippen molar-refractivity contribution in [2.45, 2.75) is 12.8 Å². The standard InChI is InChI=1S/C11H7F5N2O2/c12-10(13)19-6-3-1-5(2-4-6)7-8(11(14,15)16)18-20-9(7)17/h1-4,10H,17H2. The molecule has 2 rings (SSSR count). The Hall–Kier alpha value is -2.32. The molecule has 0 amide bonds. The molecule has 2 N–H and O–H groups in total. The summed E-state index contributed by atoms with van der Waals surface area (Å²) in [7, 11) is 0. The SMILES string of the molecule is Nc1onc(C(F)(F)F)c1-c1ccc(OC(F)F)cc1. The Labute approximate surface area is 108 Å². The zero-order chi connectivity index (χ0) is 14.9. The second-order valence-electron chi connectivity index (χ2n) is 3.67. The minimum absolute atomic E-state index is 0.0256. The molecule has 0 atom stereocenters. The summed E-state index contributed by atoms with van der Waals surface area (Å²) >= 11 is 0. The van der Waals surface area contributed by atoms with Crippen molar-refractivity contribution in [3.63, 3.8) is 0 Å². The molecule has 2 aromatic rings. The van der Waals surface area contributed by atoms with E-state index in [1.807, 2.05) is 0 Å². The van der Waals surface area contributed by atoms with Crippen molar-refractivity contribution in [1.29, 1.82) is 0 Å². The number of ether oxygens (including phenoxy) is 1. The molecule has 0 radical (unpaired) electrons. The first kappa shape index (κ1) is 14.1. The van der Waals surface area contributed by atoms with Crippen molar-refractivity contribution >= 4 is 5.88 Å². The van der Waals surface area contributed by atoms with E-state index in [2.05, 4.69) is 14.4 Å². The lowest BCUT2D eigenvalue weighted by Gasteiger charge is -2.07. The van der Waals surface area contributed by atoms with Gasteiger partial charge in [-0.05, 0) is 17.7 Å². The van der Waals surface area contributed by atoms with Crippen LogP contribution in [0.3, 0.4) is 0 Å². The van der Waals surface area contributed by atoms with Crippen molar-refractivity contribution in [1.82, 2.24) is 5.16 Å². The van der Waals surface area contributed by atoms with Crippen LogP contribution in [0, 0.1) is 0 Å². The fourth-order valence-electron chi connectivity index (χ4n) is 1.58. The van der Waals surface area contributed by atoms with E-state index in [4.69, 9.17) is 5.73 Å². The van der Waals surface area contributed by atoms with Crippen molar-refractivity contribution in [3.05, 3.63) is 30.0 Å². The van der Waals surface area contributed by atoms with E-state index < -0.39 is 29.9 Å². The van der Waals surface area contributed by atoms with Gasteiger partial charge in [0.1, 0.15) is 5.75 Å². The van der Waals surface area contributed by atoms with Gasteiger partial charge in [0.2, 0.25) is 5.88 Å². The van der Waals surface area contributed by atoms with E-state index in [0.29, 0.717) is 0 Å². The smallest absolute Gasteiger partial charge is 0.435 e. The van der Waals surface area contributed by atoms with Gasteiger partial charge >= 0.3 is 12.8 Å². The van der Waals surface area contributed by atoms with Crippen LogP contribution in [0.25, 0.3) is 11.1 Å². The van der Waals surface area contributed by atoms with Crippen LogP contribution >= 0.6 is 0 Å². The normalized spacial score (nSPS) is 11.9. The number of aromatic nitrogens is 1. The summed E-state index contributed by atoms with van der Waals surface area (Å²) in [4.78, 5) is 0. The lowest BCUT2D eigenvalue weighted by atomic mass is 10.1. The molecule has 108 valence electrons. The van der Waals surface area contributed by atoms with Gasteiger partial charge in [-0.2, -0.15) is 22.0 Å². The molecule has 0 unspecified atom stereocenters. The summed E-state index contributed by atoms with van der Waals surface area (Å²) in [5, 5.41) is 2.86. The van der Waals surface area contributed by atoms with E-state index in [1.54, 1.807) is 0 Å². The molecule has 0 aliphatic heterocycles. The maximum Gasteiger partial charge on any atom is 0.437 e. The maximum atomic E-state index is 12.7. The number of halogens is 5. The average Bonchev–Trinajstić information content (AvgIpc) is 2.71. The van der Waals surface area contributed by atoms with Gasteiger partial charge in [-0.15, -0.1) is 0 Å².